The Morgan fingerprint density at radius 2 is 2.00 bits per heavy atom. The third kappa shape index (κ3) is 7.58. The summed E-state index contributed by atoms with van der Waals surface area (Å²) in [7, 11) is 1.80. The third-order valence-corrected chi connectivity index (χ3v) is 5.41. The van der Waals surface area contributed by atoms with Gasteiger partial charge >= 0.3 is 0 Å². The summed E-state index contributed by atoms with van der Waals surface area (Å²) in [5.74, 6) is 3.03. The van der Waals surface area contributed by atoms with Gasteiger partial charge in [0.1, 0.15) is 5.76 Å². The van der Waals surface area contributed by atoms with Gasteiger partial charge in [-0.1, -0.05) is 51.1 Å². The van der Waals surface area contributed by atoms with E-state index in [0.29, 0.717) is 18.4 Å². The van der Waals surface area contributed by atoms with Crippen LogP contribution in [0, 0.1) is 5.92 Å². The molecular weight excluding hydrogens is 489 g/mol. The van der Waals surface area contributed by atoms with Crippen molar-refractivity contribution in [3.05, 3.63) is 53.7 Å². The molecule has 1 fully saturated rings. The Bertz CT molecular complexity index is 784. The number of halogens is 1. The first-order chi connectivity index (χ1) is 13.9. The van der Waals surface area contributed by atoms with E-state index in [0.717, 1.165) is 37.8 Å². The molecule has 0 amide bonds. The molecule has 2 heterocycles. The lowest BCUT2D eigenvalue weighted by molar-refractivity contribution is 0.328. The predicted molar refractivity (Wildman–Crippen MR) is 134 cm³/mol. The molecule has 0 radical (unpaired) electrons. The molecule has 3 rings (SSSR count). The zero-order chi connectivity index (χ0) is 20.7. The van der Waals surface area contributed by atoms with Crippen molar-refractivity contribution in [2.45, 2.75) is 45.6 Å². The molecule has 1 aromatic heterocycles. The zero-order valence-electron chi connectivity index (χ0n) is 18.6. The fourth-order valence-corrected chi connectivity index (χ4v) is 3.57. The van der Waals surface area contributed by atoms with Crippen LogP contribution in [0.1, 0.15) is 44.4 Å². The maximum atomic E-state index is 5.84. The maximum absolute atomic E-state index is 5.84. The molecule has 30 heavy (non-hydrogen) atoms. The van der Waals surface area contributed by atoms with Crippen LogP contribution in [0.5, 0.6) is 0 Å². The van der Waals surface area contributed by atoms with Crippen LogP contribution >= 0.6 is 24.0 Å². The number of likely N-dealkylation sites (tertiary alicyclic amines) is 1. The van der Waals surface area contributed by atoms with Crippen LogP contribution in [0.25, 0.3) is 0 Å². The van der Waals surface area contributed by atoms with Crippen LogP contribution < -0.4 is 10.6 Å². The number of hydrogen-bond acceptors (Lipinski definition) is 4. The van der Waals surface area contributed by atoms with Crippen LogP contribution in [0.2, 0.25) is 0 Å². The van der Waals surface area contributed by atoms with Crippen molar-refractivity contribution in [1.82, 2.24) is 20.5 Å². The number of rotatable bonds is 7. The lowest BCUT2D eigenvalue weighted by atomic mass is 9.94. The highest BCUT2D eigenvalue weighted by Crippen LogP contribution is 2.22. The van der Waals surface area contributed by atoms with Crippen molar-refractivity contribution in [3.8, 4) is 0 Å². The topological polar surface area (TPSA) is 65.7 Å². The summed E-state index contributed by atoms with van der Waals surface area (Å²) in [4.78, 5) is 11.3. The van der Waals surface area contributed by atoms with E-state index in [1.165, 1.54) is 18.5 Å². The molecule has 2 N–H and O–H groups in total. The van der Waals surface area contributed by atoms with Gasteiger partial charge in [0.15, 0.2) is 5.96 Å². The second-order valence-electron chi connectivity index (χ2n) is 8.87. The van der Waals surface area contributed by atoms with Crippen molar-refractivity contribution in [2.24, 2.45) is 10.9 Å². The van der Waals surface area contributed by atoms with E-state index in [4.69, 9.17) is 4.42 Å². The molecule has 6 nitrogen and oxygen atoms in total. The molecule has 1 aliphatic rings. The summed E-state index contributed by atoms with van der Waals surface area (Å²) in [5.41, 5.74) is 1.39. The molecule has 0 spiro atoms. The average Bonchev–Trinajstić information content (AvgIpc) is 3.37. The minimum atomic E-state index is -0.0277. The first-order valence-electron chi connectivity index (χ1n) is 10.6. The SMILES string of the molecule is CN=C(NCc1ncc(C(C)(C)C)o1)NCC1CCN(CCc2ccccc2)C1.I. The first kappa shape index (κ1) is 24.7. The van der Waals surface area contributed by atoms with Crippen molar-refractivity contribution in [2.75, 3.05) is 33.2 Å². The Morgan fingerprint density at radius 1 is 1.23 bits per heavy atom. The normalized spacial score (nSPS) is 17.6. The van der Waals surface area contributed by atoms with E-state index in [1.54, 1.807) is 7.05 Å². The van der Waals surface area contributed by atoms with Crippen LogP contribution in [0.15, 0.2) is 45.9 Å². The third-order valence-electron chi connectivity index (χ3n) is 5.41. The Hall–Kier alpha value is -1.61. The molecule has 1 unspecified atom stereocenters. The van der Waals surface area contributed by atoms with Gasteiger partial charge in [0.2, 0.25) is 5.89 Å². The molecule has 0 aliphatic carbocycles. The molecule has 0 bridgehead atoms. The number of nitrogens with one attached hydrogen (secondary N) is 2. The van der Waals surface area contributed by atoms with Crippen LogP contribution in [0.4, 0.5) is 0 Å². The van der Waals surface area contributed by atoms with Crippen LogP contribution in [-0.2, 0) is 18.4 Å². The van der Waals surface area contributed by atoms with Crippen LogP contribution in [-0.4, -0.2) is 49.1 Å². The number of oxazole rings is 1. The molecule has 166 valence electrons. The summed E-state index contributed by atoms with van der Waals surface area (Å²) in [6, 6.07) is 10.7. The Kier molecular flexibility index (Phi) is 9.61. The smallest absolute Gasteiger partial charge is 0.213 e. The Labute approximate surface area is 198 Å². The fraction of sp³-hybridized carbons (Fsp3) is 0.565. The number of aromatic nitrogens is 1. The molecule has 1 aromatic carbocycles. The van der Waals surface area contributed by atoms with Gasteiger partial charge in [0.25, 0.3) is 0 Å². The van der Waals surface area contributed by atoms with Gasteiger partial charge in [-0.3, -0.25) is 4.99 Å². The summed E-state index contributed by atoms with van der Waals surface area (Å²) in [5, 5.41) is 6.76. The van der Waals surface area contributed by atoms with E-state index in [9.17, 15) is 0 Å². The number of aliphatic imine (C=N–C) groups is 1. The highest BCUT2D eigenvalue weighted by atomic mass is 127. The minimum Gasteiger partial charge on any atom is -0.443 e. The highest BCUT2D eigenvalue weighted by Gasteiger charge is 2.22. The van der Waals surface area contributed by atoms with E-state index in [-0.39, 0.29) is 29.4 Å². The van der Waals surface area contributed by atoms with Gasteiger partial charge in [-0.25, -0.2) is 4.98 Å². The minimum absolute atomic E-state index is 0. The quantitative estimate of drug-likeness (QED) is 0.327. The molecule has 1 saturated heterocycles. The molecule has 0 saturated carbocycles. The van der Waals surface area contributed by atoms with Crippen LogP contribution in [0.3, 0.4) is 0 Å². The molecule has 1 atom stereocenters. The summed E-state index contributed by atoms with van der Waals surface area (Å²) >= 11 is 0. The fourth-order valence-electron chi connectivity index (χ4n) is 3.57. The van der Waals surface area contributed by atoms with E-state index in [1.807, 2.05) is 6.20 Å². The number of guanidine groups is 1. The molecular formula is C23H36IN5O. The van der Waals surface area contributed by atoms with Crippen molar-refractivity contribution in [1.29, 1.82) is 0 Å². The monoisotopic (exact) mass is 525 g/mol. The van der Waals surface area contributed by atoms with E-state index in [2.05, 4.69) is 76.6 Å². The van der Waals surface area contributed by atoms with E-state index < -0.39 is 0 Å². The highest BCUT2D eigenvalue weighted by molar-refractivity contribution is 14.0. The lowest BCUT2D eigenvalue weighted by Gasteiger charge is -2.17. The number of benzene rings is 1. The van der Waals surface area contributed by atoms with E-state index >= 15 is 0 Å². The molecule has 7 heteroatoms. The van der Waals surface area contributed by atoms with Gasteiger partial charge in [0.05, 0.1) is 12.7 Å². The van der Waals surface area contributed by atoms with Crippen molar-refractivity contribution < 1.29 is 4.42 Å². The van der Waals surface area contributed by atoms with Gasteiger partial charge < -0.3 is 20.0 Å². The first-order valence-corrected chi connectivity index (χ1v) is 10.6. The van der Waals surface area contributed by atoms with Gasteiger partial charge in [0, 0.05) is 32.1 Å². The number of hydrogen-bond donors (Lipinski definition) is 2. The van der Waals surface area contributed by atoms with Gasteiger partial charge in [-0.2, -0.15) is 0 Å². The summed E-state index contributed by atoms with van der Waals surface area (Å²) in [6.45, 7) is 11.3. The summed E-state index contributed by atoms with van der Waals surface area (Å²) in [6.07, 6.45) is 4.17. The van der Waals surface area contributed by atoms with Crippen molar-refractivity contribution in [3.63, 3.8) is 0 Å². The molecule has 2 aromatic rings. The van der Waals surface area contributed by atoms with Gasteiger partial charge in [-0.05, 0) is 30.9 Å². The second kappa shape index (κ2) is 11.7. The second-order valence-corrected chi connectivity index (χ2v) is 8.87. The largest absolute Gasteiger partial charge is 0.443 e. The Morgan fingerprint density at radius 3 is 2.67 bits per heavy atom. The summed E-state index contributed by atoms with van der Waals surface area (Å²) < 4.78 is 5.84. The standard InChI is InChI=1S/C23H35N5O.HI/c1-23(2,3)20-15-25-21(29-20)16-27-22(24-4)26-14-19-11-13-28(17-19)12-10-18-8-6-5-7-9-18;/h5-9,15,19H,10-14,16-17H2,1-4H3,(H2,24,26,27);1H. The maximum Gasteiger partial charge on any atom is 0.213 e. The number of nitrogens with zero attached hydrogens (tertiary/aromatic N) is 3. The zero-order valence-corrected chi connectivity index (χ0v) is 21.0. The van der Waals surface area contributed by atoms with Gasteiger partial charge in [-0.15, -0.1) is 24.0 Å². The predicted octanol–water partition coefficient (Wildman–Crippen LogP) is 3.82. The van der Waals surface area contributed by atoms with Crippen molar-refractivity contribution >= 4 is 29.9 Å². The average molecular weight is 525 g/mol. The molecule has 1 aliphatic heterocycles. The lowest BCUT2D eigenvalue weighted by Crippen LogP contribution is -2.40. The Balaban J connectivity index is 0.00000320.